The van der Waals surface area contributed by atoms with Crippen LogP contribution in [0, 0.1) is 5.82 Å². The lowest BCUT2D eigenvalue weighted by molar-refractivity contribution is -0.0443. The van der Waals surface area contributed by atoms with E-state index in [-0.39, 0.29) is 11.4 Å². The Morgan fingerprint density at radius 1 is 1.27 bits per heavy atom. The first-order valence-electron chi connectivity index (χ1n) is 6.60. The van der Waals surface area contributed by atoms with Gasteiger partial charge in [-0.1, -0.05) is 6.07 Å². The molecule has 1 saturated heterocycles. The summed E-state index contributed by atoms with van der Waals surface area (Å²) in [5, 5.41) is 0. The number of benzene rings is 1. The molecule has 22 heavy (non-hydrogen) atoms. The number of nitrogens with zero attached hydrogens (tertiary/aromatic N) is 1. The zero-order valence-electron chi connectivity index (χ0n) is 11.5. The Hall–Kier alpha value is -2.51. The van der Waals surface area contributed by atoms with Gasteiger partial charge in [-0.2, -0.15) is 0 Å². The van der Waals surface area contributed by atoms with E-state index in [1.54, 1.807) is 6.07 Å². The van der Waals surface area contributed by atoms with E-state index < -0.39 is 18.0 Å². The lowest BCUT2D eigenvalue weighted by Gasteiger charge is -2.11. The van der Waals surface area contributed by atoms with Crippen LogP contribution in [0.5, 0.6) is 11.5 Å². The minimum Gasteiger partial charge on any atom is -0.453 e. The quantitative estimate of drug-likeness (QED) is 0.935. The van der Waals surface area contributed by atoms with Crippen LogP contribution in [-0.2, 0) is 9.47 Å². The van der Waals surface area contributed by atoms with E-state index in [9.17, 15) is 9.18 Å². The molecule has 0 bridgehead atoms. The second-order valence-corrected chi connectivity index (χ2v) is 4.61. The van der Waals surface area contributed by atoms with Gasteiger partial charge in [0.05, 0.1) is 19.4 Å². The molecule has 7 heteroatoms. The van der Waals surface area contributed by atoms with Crippen LogP contribution in [0.25, 0.3) is 0 Å². The van der Waals surface area contributed by atoms with Crippen LogP contribution in [0.2, 0.25) is 0 Å². The molecule has 0 unspecified atom stereocenters. The Morgan fingerprint density at radius 2 is 2.05 bits per heavy atom. The van der Waals surface area contributed by atoms with Crippen LogP contribution < -0.4 is 10.5 Å². The van der Waals surface area contributed by atoms with Gasteiger partial charge in [-0.05, 0) is 24.3 Å². The molecule has 1 amide bonds. The van der Waals surface area contributed by atoms with Gasteiger partial charge in [-0.15, -0.1) is 0 Å². The van der Waals surface area contributed by atoms with Crippen LogP contribution in [0.15, 0.2) is 36.5 Å². The summed E-state index contributed by atoms with van der Waals surface area (Å²) in [4.78, 5) is 14.7. The van der Waals surface area contributed by atoms with E-state index in [0.29, 0.717) is 24.5 Å². The average Bonchev–Trinajstić information content (AvgIpc) is 3.04. The molecule has 1 aliphatic heterocycles. The van der Waals surface area contributed by atoms with Gasteiger partial charge in [-0.3, -0.25) is 4.79 Å². The maximum Gasteiger partial charge on any atom is 0.267 e. The maximum atomic E-state index is 14.1. The van der Waals surface area contributed by atoms with Gasteiger partial charge < -0.3 is 19.9 Å². The van der Waals surface area contributed by atoms with Gasteiger partial charge in [-0.25, -0.2) is 9.37 Å². The van der Waals surface area contributed by atoms with Crippen molar-refractivity contribution < 1.29 is 23.4 Å². The number of amides is 1. The van der Waals surface area contributed by atoms with Crippen molar-refractivity contribution >= 4 is 5.91 Å². The molecule has 2 aromatic rings. The van der Waals surface area contributed by atoms with E-state index in [1.165, 1.54) is 30.5 Å². The fraction of sp³-hybridized carbons (Fsp3) is 0.200. The van der Waals surface area contributed by atoms with E-state index in [0.717, 1.165) is 0 Å². The van der Waals surface area contributed by atoms with Crippen molar-refractivity contribution in [3.63, 3.8) is 0 Å². The number of primary amides is 1. The number of pyridine rings is 1. The number of nitrogens with two attached hydrogens (primary N) is 1. The van der Waals surface area contributed by atoms with Gasteiger partial charge in [0.15, 0.2) is 17.9 Å². The molecule has 1 aromatic heterocycles. The summed E-state index contributed by atoms with van der Waals surface area (Å²) < 4.78 is 30.1. The summed E-state index contributed by atoms with van der Waals surface area (Å²) in [6.07, 6.45) is 0.761. The van der Waals surface area contributed by atoms with Gasteiger partial charge >= 0.3 is 0 Å². The summed E-state index contributed by atoms with van der Waals surface area (Å²) in [5.41, 5.74) is 5.79. The Kier molecular flexibility index (Phi) is 3.99. The fourth-order valence-electron chi connectivity index (χ4n) is 2.01. The highest BCUT2D eigenvalue weighted by molar-refractivity contribution is 5.90. The first-order valence-corrected chi connectivity index (χ1v) is 6.60. The highest BCUT2D eigenvalue weighted by atomic mass is 19.1. The highest BCUT2D eigenvalue weighted by Crippen LogP contribution is 2.29. The number of ether oxygens (including phenoxy) is 3. The van der Waals surface area contributed by atoms with Crippen LogP contribution in [0.3, 0.4) is 0 Å². The highest BCUT2D eigenvalue weighted by Gasteiger charge is 2.20. The Balaban J connectivity index is 1.75. The average molecular weight is 304 g/mol. The standard InChI is InChI=1S/C15H13FN2O4/c16-11-7-9(15-20-5-6-21-15)1-4-13(11)22-10-2-3-12(14(17)19)18-8-10/h1-4,7-8,15H,5-6H2,(H2,17,19). The number of aromatic nitrogens is 1. The predicted molar refractivity (Wildman–Crippen MR) is 73.9 cm³/mol. The van der Waals surface area contributed by atoms with Crippen LogP contribution in [0.1, 0.15) is 22.3 Å². The Bertz CT molecular complexity index is 684. The predicted octanol–water partition coefficient (Wildman–Crippen LogP) is 2.16. The minimum absolute atomic E-state index is 0.0374. The summed E-state index contributed by atoms with van der Waals surface area (Å²) in [6, 6.07) is 7.35. The third kappa shape index (κ3) is 3.05. The Labute approximate surface area is 125 Å². The molecule has 0 spiro atoms. The van der Waals surface area contributed by atoms with Gasteiger partial charge in [0, 0.05) is 5.56 Å². The van der Waals surface area contributed by atoms with E-state index in [4.69, 9.17) is 19.9 Å². The molecule has 2 N–H and O–H groups in total. The summed E-state index contributed by atoms with van der Waals surface area (Å²) in [6.45, 7) is 0.977. The monoisotopic (exact) mass is 304 g/mol. The third-order valence-electron chi connectivity index (χ3n) is 3.07. The molecule has 1 fully saturated rings. The minimum atomic E-state index is -0.640. The normalized spacial score (nSPS) is 15.0. The topological polar surface area (TPSA) is 83.7 Å². The summed E-state index contributed by atoms with van der Waals surface area (Å²) in [5.74, 6) is -0.852. The third-order valence-corrected chi connectivity index (χ3v) is 3.07. The number of carbonyl (C=O) groups excluding carboxylic acids is 1. The first-order chi connectivity index (χ1) is 10.6. The molecule has 6 nitrogen and oxygen atoms in total. The van der Waals surface area contributed by atoms with E-state index in [1.807, 2.05) is 0 Å². The molecule has 0 aliphatic carbocycles. The summed E-state index contributed by atoms with van der Waals surface area (Å²) in [7, 11) is 0. The second-order valence-electron chi connectivity index (χ2n) is 4.61. The molecule has 3 rings (SSSR count). The zero-order chi connectivity index (χ0) is 15.5. The maximum absolute atomic E-state index is 14.1. The summed E-state index contributed by atoms with van der Waals surface area (Å²) >= 11 is 0. The van der Waals surface area contributed by atoms with Crippen molar-refractivity contribution in [1.82, 2.24) is 4.98 Å². The lowest BCUT2D eigenvalue weighted by atomic mass is 10.2. The van der Waals surface area contributed by atoms with E-state index >= 15 is 0 Å². The molecular formula is C15H13FN2O4. The first kappa shape index (κ1) is 14.4. The van der Waals surface area contributed by atoms with Crippen molar-refractivity contribution in [1.29, 1.82) is 0 Å². The van der Waals surface area contributed by atoms with E-state index in [2.05, 4.69) is 4.98 Å². The van der Waals surface area contributed by atoms with Crippen molar-refractivity contribution in [2.24, 2.45) is 5.73 Å². The zero-order valence-corrected chi connectivity index (χ0v) is 11.5. The van der Waals surface area contributed by atoms with Crippen LogP contribution in [-0.4, -0.2) is 24.1 Å². The number of hydrogen-bond donors (Lipinski definition) is 1. The SMILES string of the molecule is NC(=O)c1ccc(Oc2ccc(C3OCCO3)cc2F)cn1. The largest absolute Gasteiger partial charge is 0.453 e. The number of carbonyl (C=O) groups is 1. The van der Waals surface area contributed by atoms with Gasteiger partial charge in [0.25, 0.3) is 5.91 Å². The molecule has 1 aromatic carbocycles. The van der Waals surface area contributed by atoms with Crippen molar-refractivity contribution in [3.05, 3.63) is 53.6 Å². The van der Waals surface area contributed by atoms with Crippen molar-refractivity contribution in [3.8, 4) is 11.5 Å². The number of halogens is 1. The van der Waals surface area contributed by atoms with Crippen LogP contribution in [0.4, 0.5) is 4.39 Å². The Morgan fingerprint density at radius 3 is 2.64 bits per heavy atom. The van der Waals surface area contributed by atoms with Gasteiger partial charge in [0.2, 0.25) is 0 Å². The molecule has 0 radical (unpaired) electrons. The smallest absolute Gasteiger partial charge is 0.267 e. The second kappa shape index (κ2) is 6.08. The van der Waals surface area contributed by atoms with Crippen molar-refractivity contribution in [2.45, 2.75) is 6.29 Å². The molecule has 1 aliphatic rings. The van der Waals surface area contributed by atoms with Gasteiger partial charge in [0.1, 0.15) is 11.4 Å². The van der Waals surface area contributed by atoms with Crippen LogP contribution >= 0.6 is 0 Å². The van der Waals surface area contributed by atoms with Crippen molar-refractivity contribution in [2.75, 3.05) is 13.2 Å². The molecule has 0 atom stereocenters. The fourth-order valence-corrected chi connectivity index (χ4v) is 2.01. The molecule has 2 heterocycles. The number of hydrogen-bond acceptors (Lipinski definition) is 5. The molecular weight excluding hydrogens is 291 g/mol. The molecule has 114 valence electrons. The molecule has 0 saturated carbocycles. The lowest BCUT2D eigenvalue weighted by Crippen LogP contribution is -2.12. The number of rotatable bonds is 4.